The zero-order valence-corrected chi connectivity index (χ0v) is 20.0. The van der Waals surface area contributed by atoms with Gasteiger partial charge in [-0.05, 0) is 42.3 Å². The molecule has 0 unspecified atom stereocenters. The van der Waals surface area contributed by atoms with Gasteiger partial charge in [0.25, 0.3) is 6.33 Å². The fourth-order valence-electron chi connectivity index (χ4n) is 5.14. The second kappa shape index (κ2) is 7.45. The van der Waals surface area contributed by atoms with Crippen LogP contribution in [0.1, 0.15) is 5.56 Å². The van der Waals surface area contributed by atoms with Gasteiger partial charge >= 0.3 is 0 Å². The molecule has 0 atom stereocenters. The van der Waals surface area contributed by atoms with Gasteiger partial charge in [0.15, 0.2) is 0 Å². The van der Waals surface area contributed by atoms with Gasteiger partial charge in [-0.2, -0.15) is 0 Å². The molecular weight excluding hydrogens is 455 g/mol. The van der Waals surface area contributed by atoms with Gasteiger partial charge in [0.05, 0.1) is 18.2 Å². The molecule has 35 heavy (non-hydrogen) atoms. The second-order valence-electron chi connectivity index (χ2n) is 8.92. The van der Waals surface area contributed by atoms with Gasteiger partial charge in [-0.25, -0.2) is 8.96 Å². The molecular formula is C30H20FN2OS+. The number of benzene rings is 4. The molecule has 168 valence electrons. The Labute approximate surface area is 204 Å². The molecule has 0 aliphatic rings. The highest BCUT2D eigenvalue weighted by molar-refractivity contribution is 7.25. The number of aryl methyl sites for hydroxylation is 2. The van der Waals surface area contributed by atoms with Gasteiger partial charge in [0.1, 0.15) is 28.9 Å². The van der Waals surface area contributed by atoms with Gasteiger partial charge < -0.3 is 4.42 Å². The number of halogens is 1. The van der Waals surface area contributed by atoms with Crippen LogP contribution in [0.25, 0.3) is 64.5 Å². The van der Waals surface area contributed by atoms with Crippen molar-refractivity contribution in [2.75, 3.05) is 0 Å². The molecule has 5 heteroatoms. The summed E-state index contributed by atoms with van der Waals surface area (Å²) in [5.74, 6) is -0.287. The van der Waals surface area contributed by atoms with E-state index in [0.29, 0.717) is 11.1 Å². The molecule has 3 aromatic heterocycles. The van der Waals surface area contributed by atoms with E-state index < -0.39 is 0 Å². The number of fused-ring (bicyclic) bond motifs is 6. The summed E-state index contributed by atoms with van der Waals surface area (Å²) in [6.07, 6.45) is 3.56. The van der Waals surface area contributed by atoms with E-state index in [-0.39, 0.29) is 5.82 Å². The van der Waals surface area contributed by atoms with Crippen LogP contribution in [0, 0.1) is 12.7 Å². The van der Waals surface area contributed by atoms with E-state index in [9.17, 15) is 0 Å². The molecule has 0 N–H and O–H groups in total. The Balaban J connectivity index is 1.54. The Morgan fingerprint density at radius 2 is 1.54 bits per heavy atom. The normalized spacial score (nSPS) is 11.9. The SMILES string of the molecule is Cc1ccc2c(oc3c(-c4ccc5c(c4)sc4ccccc45)c(F)ccc32)c1-c1ccnc[n+]1C. The van der Waals surface area contributed by atoms with Crippen molar-refractivity contribution in [2.24, 2.45) is 7.05 Å². The fourth-order valence-corrected chi connectivity index (χ4v) is 6.28. The van der Waals surface area contributed by atoms with Crippen LogP contribution in [-0.4, -0.2) is 4.98 Å². The number of hydrogen-bond donors (Lipinski definition) is 0. The van der Waals surface area contributed by atoms with Gasteiger partial charge in [-0.15, -0.1) is 11.3 Å². The summed E-state index contributed by atoms with van der Waals surface area (Å²) in [7, 11) is 1.97. The molecule has 0 spiro atoms. The Morgan fingerprint density at radius 3 is 2.40 bits per heavy atom. The van der Waals surface area contributed by atoms with Crippen LogP contribution in [0.15, 0.2) is 89.7 Å². The van der Waals surface area contributed by atoms with Crippen LogP contribution in [0.5, 0.6) is 0 Å². The third-order valence-corrected chi connectivity index (χ3v) is 7.96. The van der Waals surface area contributed by atoms with Crippen LogP contribution in [-0.2, 0) is 7.05 Å². The van der Waals surface area contributed by atoms with Crippen molar-refractivity contribution in [3.05, 3.63) is 96.7 Å². The van der Waals surface area contributed by atoms with E-state index in [2.05, 4.69) is 60.4 Å². The molecule has 0 aliphatic carbocycles. The molecule has 4 aromatic carbocycles. The largest absolute Gasteiger partial charge is 0.454 e. The number of thiophene rings is 1. The summed E-state index contributed by atoms with van der Waals surface area (Å²) in [5.41, 5.74) is 5.73. The predicted molar refractivity (Wildman–Crippen MR) is 141 cm³/mol. The lowest BCUT2D eigenvalue weighted by molar-refractivity contribution is -0.663. The quantitative estimate of drug-likeness (QED) is 0.237. The van der Waals surface area contributed by atoms with Crippen LogP contribution in [0.4, 0.5) is 4.39 Å². The highest BCUT2D eigenvalue weighted by atomic mass is 32.1. The first-order valence-electron chi connectivity index (χ1n) is 11.5. The fraction of sp³-hybridized carbons (Fsp3) is 0.0667. The smallest absolute Gasteiger partial charge is 0.286 e. The summed E-state index contributed by atoms with van der Waals surface area (Å²) >= 11 is 1.73. The van der Waals surface area contributed by atoms with Crippen molar-refractivity contribution in [2.45, 2.75) is 6.92 Å². The molecule has 3 heterocycles. The molecule has 0 aliphatic heterocycles. The van der Waals surface area contributed by atoms with E-state index in [1.807, 2.05) is 29.8 Å². The zero-order chi connectivity index (χ0) is 23.7. The number of rotatable bonds is 2. The first-order chi connectivity index (χ1) is 17.1. The van der Waals surface area contributed by atoms with Crippen molar-refractivity contribution in [1.82, 2.24) is 4.98 Å². The molecule has 0 radical (unpaired) electrons. The highest BCUT2D eigenvalue weighted by Gasteiger charge is 2.22. The van der Waals surface area contributed by atoms with Crippen LogP contribution >= 0.6 is 11.3 Å². The first kappa shape index (κ1) is 20.3. The average molecular weight is 476 g/mol. The molecule has 0 amide bonds. The lowest BCUT2D eigenvalue weighted by Gasteiger charge is -2.06. The molecule has 7 rings (SSSR count). The second-order valence-corrected chi connectivity index (χ2v) is 10.0. The summed E-state index contributed by atoms with van der Waals surface area (Å²) in [4.78, 5) is 4.21. The molecule has 3 nitrogen and oxygen atoms in total. The Bertz CT molecular complexity index is 1950. The average Bonchev–Trinajstić information content (AvgIpc) is 3.42. The van der Waals surface area contributed by atoms with Crippen LogP contribution < -0.4 is 4.57 Å². The van der Waals surface area contributed by atoms with Gasteiger partial charge in [0.2, 0.25) is 0 Å². The maximum Gasteiger partial charge on any atom is 0.286 e. The third kappa shape index (κ3) is 2.95. The van der Waals surface area contributed by atoms with E-state index in [4.69, 9.17) is 4.42 Å². The Hall–Kier alpha value is -4.09. The minimum Gasteiger partial charge on any atom is -0.454 e. The third-order valence-electron chi connectivity index (χ3n) is 6.83. The van der Waals surface area contributed by atoms with E-state index >= 15 is 4.39 Å². The summed E-state index contributed by atoms with van der Waals surface area (Å²) in [6.45, 7) is 2.07. The van der Waals surface area contributed by atoms with Crippen molar-refractivity contribution >= 4 is 53.4 Å². The van der Waals surface area contributed by atoms with Crippen LogP contribution in [0.2, 0.25) is 0 Å². The number of aromatic nitrogens is 2. The molecule has 0 saturated heterocycles. The van der Waals surface area contributed by atoms with E-state index in [1.54, 1.807) is 29.9 Å². The number of nitrogens with zero attached hydrogens (tertiary/aromatic N) is 2. The molecule has 0 saturated carbocycles. The van der Waals surface area contributed by atoms with Gasteiger partial charge in [-0.1, -0.05) is 47.4 Å². The lowest BCUT2D eigenvalue weighted by atomic mass is 9.98. The van der Waals surface area contributed by atoms with Gasteiger partial charge in [0, 0.05) is 37.0 Å². The standard InChI is InChI=1S/C30H20FN2OS/c1-17-7-9-21-22-11-12-23(31)28(30(22)34-29(21)27(17)24-13-14-32-16-33(24)2)18-8-10-20-19-5-3-4-6-25(19)35-26(20)15-18/h3-16H,1-2H3/q+1. The Kier molecular flexibility index (Phi) is 4.32. The highest BCUT2D eigenvalue weighted by Crippen LogP contribution is 2.43. The summed E-state index contributed by atoms with van der Waals surface area (Å²) in [6, 6.07) is 24.1. The topological polar surface area (TPSA) is 29.9 Å². The summed E-state index contributed by atoms with van der Waals surface area (Å²) in [5, 5.41) is 4.30. The minimum atomic E-state index is -0.287. The summed E-state index contributed by atoms with van der Waals surface area (Å²) < 4.78 is 26.3. The zero-order valence-electron chi connectivity index (χ0n) is 19.2. The Morgan fingerprint density at radius 1 is 0.800 bits per heavy atom. The molecule has 0 fully saturated rings. The van der Waals surface area contributed by atoms with E-state index in [1.165, 1.54) is 15.5 Å². The van der Waals surface area contributed by atoms with Crippen molar-refractivity contribution in [3.8, 4) is 22.4 Å². The van der Waals surface area contributed by atoms with Crippen molar-refractivity contribution < 1.29 is 13.4 Å². The maximum absolute atomic E-state index is 15.4. The molecule has 0 bridgehead atoms. The predicted octanol–water partition coefficient (Wildman–Crippen LogP) is 7.95. The monoisotopic (exact) mass is 475 g/mol. The number of hydrogen-bond acceptors (Lipinski definition) is 3. The number of furan rings is 1. The van der Waals surface area contributed by atoms with Crippen LogP contribution in [0.3, 0.4) is 0 Å². The first-order valence-corrected chi connectivity index (χ1v) is 12.3. The van der Waals surface area contributed by atoms with Gasteiger partial charge in [-0.3, -0.25) is 0 Å². The minimum absolute atomic E-state index is 0.287. The maximum atomic E-state index is 15.4. The molecule has 7 aromatic rings. The van der Waals surface area contributed by atoms with Crippen molar-refractivity contribution in [1.29, 1.82) is 0 Å². The van der Waals surface area contributed by atoms with Crippen molar-refractivity contribution in [3.63, 3.8) is 0 Å². The van der Waals surface area contributed by atoms with E-state index in [0.717, 1.165) is 43.4 Å². The lowest BCUT2D eigenvalue weighted by Crippen LogP contribution is -2.31.